The number of hydrogen-bond donors (Lipinski definition) is 1. The van der Waals surface area contributed by atoms with Gasteiger partial charge in [-0.25, -0.2) is 0 Å². The molecule has 106 valence electrons. The first kappa shape index (κ1) is 15.2. The average Bonchev–Trinajstić information content (AvgIpc) is 2.91. The van der Waals surface area contributed by atoms with Crippen molar-refractivity contribution in [2.45, 2.75) is 4.34 Å². The van der Waals surface area contributed by atoms with Crippen molar-refractivity contribution in [1.29, 1.82) is 0 Å². The smallest absolute Gasteiger partial charge is 0.206 e. The fraction of sp³-hybridized carbons (Fsp3) is 0.231. The molecule has 0 atom stereocenters. The number of anilines is 1. The summed E-state index contributed by atoms with van der Waals surface area (Å²) in [6.45, 7) is 4.95. The fourth-order valence-electron chi connectivity index (χ4n) is 1.32. The molecule has 0 saturated heterocycles. The highest BCUT2D eigenvalue weighted by Crippen LogP contribution is 2.25. The Bertz CT molecular complexity index is 545. The van der Waals surface area contributed by atoms with Crippen LogP contribution in [0.3, 0.4) is 0 Å². The second kappa shape index (κ2) is 8.14. The van der Waals surface area contributed by atoms with Crippen molar-refractivity contribution in [2.24, 2.45) is 0 Å². The Labute approximate surface area is 131 Å². The summed E-state index contributed by atoms with van der Waals surface area (Å²) in [7, 11) is 0. The number of benzene rings is 1. The summed E-state index contributed by atoms with van der Waals surface area (Å²) < 4.78 is 6.53. The number of rotatable bonds is 8. The lowest BCUT2D eigenvalue weighted by atomic mass is 10.3. The van der Waals surface area contributed by atoms with Crippen LogP contribution in [-0.2, 0) is 0 Å². The maximum absolute atomic E-state index is 5.81. The highest BCUT2D eigenvalue weighted by molar-refractivity contribution is 8.01. The summed E-state index contributed by atoms with van der Waals surface area (Å²) in [6.07, 6.45) is 1.79. The Balaban J connectivity index is 1.69. The third-order valence-corrected chi connectivity index (χ3v) is 4.43. The third kappa shape index (κ3) is 5.03. The maximum atomic E-state index is 5.81. The van der Waals surface area contributed by atoms with E-state index in [-0.39, 0.29) is 0 Å². The fourth-order valence-corrected chi connectivity index (χ4v) is 3.09. The van der Waals surface area contributed by atoms with Crippen LogP contribution >= 0.6 is 34.7 Å². The van der Waals surface area contributed by atoms with Gasteiger partial charge in [0.25, 0.3) is 0 Å². The normalized spacial score (nSPS) is 10.2. The molecule has 0 unspecified atom stereocenters. The van der Waals surface area contributed by atoms with Gasteiger partial charge in [0.05, 0.1) is 6.61 Å². The molecule has 1 heterocycles. The van der Waals surface area contributed by atoms with Gasteiger partial charge < -0.3 is 10.1 Å². The highest BCUT2D eigenvalue weighted by atomic mass is 35.5. The summed E-state index contributed by atoms with van der Waals surface area (Å²) in [5.41, 5.74) is 0. The maximum Gasteiger partial charge on any atom is 0.206 e. The van der Waals surface area contributed by atoms with Gasteiger partial charge in [-0.1, -0.05) is 40.8 Å². The van der Waals surface area contributed by atoms with Crippen LogP contribution in [0.25, 0.3) is 0 Å². The number of nitrogens with zero attached hydrogens (tertiary/aromatic N) is 2. The van der Waals surface area contributed by atoms with Crippen LogP contribution in [0.15, 0.2) is 41.3 Å². The van der Waals surface area contributed by atoms with Crippen LogP contribution in [0.5, 0.6) is 5.75 Å². The largest absolute Gasteiger partial charge is 0.493 e. The first-order valence-electron chi connectivity index (χ1n) is 5.97. The number of ether oxygens (including phenoxy) is 1. The van der Waals surface area contributed by atoms with E-state index in [1.54, 1.807) is 17.8 Å². The van der Waals surface area contributed by atoms with E-state index >= 15 is 0 Å². The molecule has 2 rings (SSSR count). The lowest BCUT2D eigenvalue weighted by molar-refractivity contribution is 0.344. The number of halogens is 1. The molecule has 0 amide bonds. The van der Waals surface area contributed by atoms with E-state index in [9.17, 15) is 0 Å². The summed E-state index contributed by atoms with van der Waals surface area (Å²) in [6, 6.07) is 7.34. The van der Waals surface area contributed by atoms with E-state index in [4.69, 9.17) is 16.3 Å². The molecule has 20 heavy (non-hydrogen) atoms. The molecular weight excluding hydrogens is 314 g/mol. The molecule has 2 aromatic rings. The van der Waals surface area contributed by atoms with Crippen molar-refractivity contribution in [2.75, 3.05) is 24.2 Å². The molecule has 0 radical (unpaired) electrons. The molecule has 0 saturated carbocycles. The van der Waals surface area contributed by atoms with E-state index in [2.05, 4.69) is 22.1 Å². The van der Waals surface area contributed by atoms with Crippen molar-refractivity contribution in [3.63, 3.8) is 0 Å². The van der Waals surface area contributed by atoms with Crippen molar-refractivity contribution < 1.29 is 4.74 Å². The Hall–Kier alpha value is -1.24. The Kier molecular flexibility index (Phi) is 6.17. The Morgan fingerprint density at radius 3 is 2.90 bits per heavy atom. The van der Waals surface area contributed by atoms with E-state index in [1.165, 1.54) is 11.3 Å². The van der Waals surface area contributed by atoms with Gasteiger partial charge >= 0.3 is 0 Å². The van der Waals surface area contributed by atoms with Crippen LogP contribution < -0.4 is 10.1 Å². The zero-order chi connectivity index (χ0) is 14.2. The molecule has 0 aliphatic rings. The molecule has 1 aromatic carbocycles. The minimum absolute atomic E-state index is 0.612. The Morgan fingerprint density at radius 1 is 1.35 bits per heavy atom. The quantitative estimate of drug-likeness (QED) is 0.452. The summed E-state index contributed by atoms with van der Waals surface area (Å²) in [5.74, 6) is 1.64. The average molecular weight is 328 g/mol. The minimum Gasteiger partial charge on any atom is -0.493 e. The van der Waals surface area contributed by atoms with E-state index in [0.29, 0.717) is 18.2 Å². The first-order valence-corrected chi connectivity index (χ1v) is 8.15. The van der Waals surface area contributed by atoms with Crippen molar-refractivity contribution in [3.05, 3.63) is 41.9 Å². The highest BCUT2D eigenvalue weighted by Gasteiger charge is 2.03. The molecular formula is C13H14ClN3OS2. The second-order valence-electron chi connectivity index (χ2n) is 3.69. The standard InChI is InChI=1S/C13H14ClN3OS2/c1-2-7-15-12-16-17-13(20-12)19-9-8-18-11-5-3-10(14)4-6-11/h2-6H,1,7-9H2,(H,15,16). The SMILES string of the molecule is C=CCNc1nnc(SCCOc2ccc(Cl)cc2)s1. The van der Waals surface area contributed by atoms with Gasteiger partial charge in [-0.2, -0.15) is 0 Å². The minimum atomic E-state index is 0.612. The van der Waals surface area contributed by atoms with E-state index < -0.39 is 0 Å². The van der Waals surface area contributed by atoms with Gasteiger partial charge in [0.15, 0.2) is 4.34 Å². The zero-order valence-electron chi connectivity index (χ0n) is 10.7. The first-order chi connectivity index (χ1) is 9.78. The molecule has 4 nitrogen and oxygen atoms in total. The zero-order valence-corrected chi connectivity index (χ0v) is 13.1. The topological polar surface area (TPSA) is 47.0 Å². The third-order valence-electron chi connectivity index (χ3n) is 2.20. The molecule has 7 heteroatoms. The van der Waals surface area contributed by atoms with Crippen molar-refractivity contribution in [1.82, 2.24) is 10.2 Å². The van der Waals surface area contributed by atoms with Gasteiger partial charge in [0.1, 0.15) is 5.75 Å². The predicted molar refractivity (Wildman–Crippen MR) is 86.3 cm³/mol. The van der Waals surface area contributed by atoms with Crippen molar-refractivity contribution in [3.8, 4) is 5.75 Å². The molecule has 0 aliphatic heterocycles. The van der Waals surface area contributed by atoms with Gasteiger partial charge in [-0.3, -0.25) is 0 Å². The van der Waals surface area contributed by atoms with Gasteiger partial charge in [0, 0.05) is 17.3 Å². The Morgan fingerprint density at radius 2 is 2.15 bits per heavy atom. The summed E-state index contributed by atoms with van der Waals surface area (Å²) in [5, 5.41) is 12.7. The monoisotopic (exact) mass is 327 g/mol. The number of nitrogens with one attached hydrogen (secondary N) is 1. The molecule has 0 bridgehead atoms. The molecule has 1 N–H and O–H groups in total. The predicted octanol–water partition coefficient (Wildman–Crippen LogP) is 3.96. The van der Waals surface area contributed by atoms with Crippen LogP contribution in [0.4, 0.5) is 5.13 Å². The lowest BCUT2D eigenvalue weighted by Gasteiger charge is -2.04. The molecule has 0 spiro atoms. The molecule has 0 fully saturated rings. The lowest BCUT2D eigenvalue weighted by Crippen LogP contribution is -1.99. The van der Waals surface area contributed by atoms with E-state index in [0.717, 1.165) is 21.0 Å². The molecule has 0 aliphatic carbocycles. The number of hydrogen-bond acceptors (Lipinski definition) is 6. The number of aromatic nitrogens is 2. The summed E-state index contributed by atoms with van der Waals surface area (Å²) >= 11 is 8.96. The number of thioether (sulfide) groups is 1. The van der Waals surface area contributed by atoms with Crippen molar-refractivity contribution >= 4 is 39.8 Å². The van der Waals surface area contributed by atoms with Crippen LogP contribution in [0, 0.1) is 0 Å². The van der Waals surface area contributed by atoms with Gasteiger partial charge in [-0.15, -0.1) is 16.8 Å². The van der Waals surface area contributed by atoms with Crippen LogP contribution in [-0.4, -0.2) is 29.1 Å². The van der Waals surface area contributed by atoms with Crippen LogP contribution in [0.1, 0.15) is 0 Å². The molecule has 1 aromatic heterocycles. The van der Waals surface area contributed by atoms with Gasteiger partial charge in [-0.05, 0) is 24.3 Å². The van der Waals surface area contributed by atoms with Crippen LogP contribution in [0.2, 0.25) is 5.02 Å². The summed E-state index contributed by atoms with van der Waals surface area (Å²) in [4.78, 5) is 0. The van der Waals surface area contributed by atoms with Gasteiger partial charge in [0.2, 0.25) is 5.13 Å². The second-order valence-corrected chi connectivity index (χ2v) is 6.45. The van der Waals surface area contributed by atoms with E-state index in [1.807, 2.05) is 24.3 Å².